The van der Waals surface area contributed by atoms with E-state index < -0.39 is 0 Å². The molecule has 1 aliphatic rings. The van der Waals surface area contributed by atoms with Crippen LogP contribution in [0.4, 0.5) is 0 Å². The molecule has 0 amide bonds. The van der Waals surface area contributed by atoms with Gasteiger partial charge >= 0.3 is 0 Å². The van der Waals surface area contributed by atoms with Crippen molar-refractivity contribution in [2.75, 3.05) is 40.4 Å². The zero-order valence-electron chi connectivity index (χ0n) is 13.1. The third-order valence-corrected chi connectivity index (χ3v) is 4.04. The highest BCUT2D eigenvalue weighted by atomic mass is 35.5. The van der Waals surface area contributed by atoms with Crippen molar-refractivity contribution in [2.45, 2.75) is 25.5 Å². The Morgan fingerprint density at radius 3 is 3.00 bits per heavy atom. The van der Waals surface area contributed by atoms with Gasteiger partial charge in [-0.05, 0) is 38.2 Å². The average molecular weight is 313 g/mol. The fourth-order valence-electron chi connectivity index (χ4n) is 2.70. The number of methoxy groups -OCH3 is 1. The zero-order chi connectivity index (χ0) is 15.2. The van der Waals surface area contributed by atoms with Crippen molar-refractivity contribution in [1.82, 2.24) is 10.2 Å². The van der Waals surface area contributed by atoms with E-state index in [1.165, 1.54) is 0 Å². The summed E-state index contributed by atoms with van der Waals surface area (Å²) in [7, 11) is 3.82. The number of hydrogen-bond acceptors (Lipinski definition) is 4. The minimum Gasteiger partial charge on any atom is -0.496 e. The van der Waals surface area contributed by atoms with Crippen molar-refractivity contribution in [3.8, 4) is 5.75 Å². The monoisotopic (exact) mass is 312 g/mol. The fraction of sp³-hybridized carbons (Fsp3) is 0.625. The SMILES string of the molecule is CCCNC(c1cc(Cl)ccc1OC)C1CN(C)CCO1. The minimum atomic E-state index is 0.0846. The van der Waals surface area contributed by atoms with Crippen LogP contribution in [0.3, 0.4) is 0 Å². The largest absolute Gasteiger partial charge is 0.496 e. The van der Waals surface area contributed by atoms with Gasteiger partial charge in [0.1, 0.15) is 5.75 Å². The summed E-state index contributed by atoms with van der Waals surface area (Å²) in [6.45, 7) is 5.73. The number of benzene rings is 1. The van der Waals surface area contributed by atoms with Crippen molar-refractivity contribution in [2.24, 2.45) is 0 Å². The van der Waals surface area contributed by atoms with E-state index in [-0.39, 0.29) is 12.1 Å². The minimum absolute atomic E-state index is 0.0846. The Labute approximate surface area is 132 Å². The molecule has 2 unspecified atom stereocenters. The van der Waals surface area contributed by atoms with Gasteiger partial charge in [0.15, 0.2) is 0 Å². The number of nitrogens with zero attached hydrogens (tertiary/aromatic N) is 1. The molecule has 1 N–H and O–H groups in total. The lowest BCUT2D eigenvalue weighted by Gasteiger charge is -2.36. The second kappa shape index (κ2) is 7.99. The van der Waals surface area contributed by atoms with E-state index in [0.717, 1.165) is 49.0 Å². The maximum atomic E-state index is 6.18. The maximum absolute atomic E-state index is 6.18. The fourth-order valence-corrected chi connectivity index (χ4v) is 2.88. The molecule has 1 heterocycles. The van der Waals surface area contributed by atoms with Crippen LogP contribution in [-0.2, 0) is 4.74 Å². The Morgan fingerprint density at radius 1 is 1.52 bits per heavy atom. The second-order valence-corrected chi connectivity index (χ2v) is 5.93. The Hall–Kier alpha value is -0.810. The molecule has 2 rings (SSSR count). The summed E-state index contributed by atoms with van der Waals surface area (Å²) in [5.41, 5.74) is 1.07. The van der Waals surface area contributed by atoms with E-state index >= 15 is 0 Å². The lowest BCUT2D eigenvalue weighted by Crippen LogP contribution is -2.47. The van der Waals surface area contributed by atoms with Crippen molar-refractivity contribution in [3.63, 3.8) is 0 Å². The predicted molar refractivity (Wildman–Crippen MR) is 86.3 cm³/mol. The van der Waals surface area contributed by atoms with Gasteiger partial charge in [-0.15, -0.1) is 0 Å². The van der Waals surface area contributed by atoms with E-state index in [9.17, 15) is 0 Å². The van der Waals surface area contributed by atoms with E-state index in [2.05, 4.69) is 24.2 Å². The molecule has 1 fully saturated rings. The first-order chi connectivity index (χ1) is 10.2. The molecule has 21 heavy (non-hydrogen) atoms. The Bertz CT molecular complexity index is 456. The molecule has 0 bridgehead atoms. The van der Waals surface area contributed by atoms with Crippen LogP contribution < -0.4 is 10.1 Å². The molecule has 0 radical (unpaired) electrons. The molecule has 0 aromatic heterocycles. The van der Waals surface area contributed by atoms with E-state index in [1.54, 1.807) is 7.11 Å². The van der Waals surface area contributed by atoms with Gasteiger partial charge in [0.25, 0.3) is 0 Å². The predicted octanol–water partition coefficient (Wildman–Crippen LogP) is 2.72. The number of hydrogen-bond donors (Lipinski definition) is 1. The van der Waals surface area contributed by atoms with Gasteiger partial charge in [-0.1, -0.05) is 18.5 Å². The highest BCUT2D eigenvalue weighted by molar-refractivity contribution is 6.30. The summed E-state index contributed by atoms with van der Waals surface area (Å²) in [4.78, 5) is 2.30. The Balaban J connectivity index is 2.28. The van der Waals surface area contributed by atoms with Gasteiger partial charge < -0.3 is 19.7 Å². The van der Waals surface area contributed by atoms with Crippen LogP contribution >= 0.6 is 11.6 Å². The second-order valence-electron chi connectivity index (χ2n) is 5.49. The number of ether oxygens (including phenoxy) is 2. The summed E-state index contributed by atoms with van der Waals surface area (Å²) in [5, 5.41) is 4.31. The normalized spacial score (nSPS) is 21.2. The number of nitrogens with one attached hydrogen (secondary N) is 1. The first-order valence-electron chi connectivity index (χ1n) is 7.52. The van der Waals surface area contributed by atoms with Gasteiger partial charge in [0.2, 0.25) is 0 Å². The van der Waals surface area contributed by atoms with E-state index in [0.29, 0.717) is 0 Å². The highest BCUT2D eigenvalue weighted by Gasteiger charge is 2.29. The third kappa shape index (κ3) is 4.33. The van der Waals surface area contributed by atoms with Crippen LogP contribution in [-0.4, -0.2) is 51.4 Å². The molecule has 118 valence electrons. The highest BCUT2D eigenvalue weighted by Crippen LogP contribution is 2.32. The molecule has 1 aliphatic heterocycles. The van der Waals surface area contributed by atoms with Gasteiger partial charge in [-0.3, -0.25) is 0 Å². The van der Waals surface area contributed by atoms with Crippen LogP contribution in [0.15, 0.2) is 18.2 Å². The molecular formula is C16H25ClN2O2. The number of likely N-dealkylation sites (N-methyl/N-ethyl adjacent to an activating group) is 1. The van der Waals surface area contributed by atoms with Crippen LogP contribution in [0.5, 0.6) is 5.75 Å². The van der Waals surface area contributed by atoms with Crippen molar-refractivity contribution in [1.29, 1.82) is 0 Å². The molecule has 1 aromatic rings. The smallest absolute Gasteiger partial charge is 0.123 e. The molecule has 5 heteroatoms. The standard InChI is InChI=1S/C16H25ClN2O2/c1-4-7-18-16(15-11-19(2)8-9-21-15)13-10-12(17)5-6-14(13)20-3/h5-6,10,15-16,18H,4,7-9,11H2,1-3H3. The molecule has 0 aliphatic carbocycles. The van der Waals surface area contributed by atoms with Crippen LogP contribution in [0.25, 0.3) is 0 Å². The summed E-state index contributed by atoms with van der Waals surface area (Å²) in [6.07, 6.45) is 1.17. The number of morpholine rings is 1. The first-order valence-corrected chi connectivity index (χ1v) is 7.90. The van der Waals surface area contributed by atoms with E-state index in [4.69, 9.17) is 21.1 Å². The van der Waals surface area contributed by atoms with Gasteiger partial charge in [0.05, 0.1) is 25.9 Å². The van der Waals surface area contributed by atoms with Crippen LogP contribution in [0, 0.1) is 0 Å². The molecule has 1 saturated heterocycles. The topological polar surface area (TPSA) is 33.7 Å². The summed E-state index contributed by atoms with van der Waals surface area (Å²) < 4.78 is 11.5. The molecule has 4 nitrogen and oxygen atoms in total. The first kappa shape index (κ1) is 16.6. The summed E-state index contributed by atoms with van der Waals surface area (Å²) in [5.74, 6) is 0.852. The average Bonchev–Trinajstić information content (AvgIpc) is 2.48. The Morgan fingerprint density at radius 2 is 2.33 bits per heavy atom. The molecule has 1 aromatic carbocycles. The molecule has 0 spiro atoms. The van der Waals surface area contributed by atoms with Crippen molar-refractivity contribution >= 4 is 11.6 Å². The molecular weight excluding hydrogens is 288 g/mol. The van der Waals surface area contributed by atoms with Crippen molar-refractivity contribution in [3.05, 3.63) is 28.8 Å². The lowest BCUT2D eigenvalue weighted by atomic mass is 9.98. The number of rotatable bonds is 6. The summed E-state index contributed by atoms with van der Waals surface area (Å²) >= 11 is 6.18. The third-order valence-electron chi connectivity index (χ3n) is 3.81. The maximum Gasteiger partial charge on any atom is 0.123 e. The number of halogens is 1. The molecule has 0 saturated carbocycles. The van der Waals surface area contributed by atoms with Gasteiger partial charge in [-0.25, -0.2) is 0 Å². The Kier molecular flexibility index (Phi) is 6.30. The van der Waals surface area contributed by atoms with Crippen LogP contribution in [0.2, 0.25) is 5.02 Å². The van der Waals surface area contributed by atoms with E-state index in [1.807, 2.05) is 18.2 Å². The van der Waals surface area contributed by atoms with Gasteiger partial charge in [-0.2, -0.15) is 0 Å². The lowest BCUT2D eigenvalue weighted by molar-refractivity contribution is -0.0395. The molecule has 2 atom stereocenters. The quantitative estimate of drug-likeness (QED) is 0.876. The van der Waals surface area contributed by atoms with Crippen LogP contribution in [0.1, 0.15) is 24.9 Å². The van der Waals surface area contributed by atoms with Gasteiger partial charge in [0, 0.05) is 23.7 Å². The van der Waals surface area contributed by atoms with Crippen molar-refractivity contribution < 1.29 is 9.47 Å². The zero-order valence-corrected chi connectivity index (χ0v) is 13.8. The summed E-state index contributed by atoms with van der Waals surface area (Å²) in [6, 6.07) is 5.84.